The molecule has 0 aliphatic heterocycles. The second kappa shape index (κ2) is 13.3. The van der Waals surface area contributed by atoms with Crippen molar-refractivity contribution in [1.82, 2.24) is 19.1 Å². The van der Waals surface area contributed by atoms with E-state index in [4.69, 9.17) is 9.97 Å². The largest absolute Gasteiger partial charge is 0.309 e. The topological polar surface area (TPSA) is 35.6 Å². The predicted octanol–water partition coefficient (Wildman–Crippen LogP) is 16.3. The Balaban J connectivity index is 0.884. The van der Waals surface area contributed by atoms with Crippen molar-refractivity contribution < 1.29 is 0 Å². The molecular weight excluding hydrogens is 801 g/mol. The summed E-state index contributed by atoms with van der Waals surface area (Å²) in [7, 11) is 0. The van der Waals surface area contributed by atoms with Crippen LogP contribution in [0, 0.1) is 0 Å². The summed E-state index contributed by atoms with van der Waals surface area (Å²) in [5.74, 6) is 0. The van der Waals surface area contributed by atoms with Crippen LogP contribution in [0.2, 0.25) is 0 Å². The molecule has 3 aromatic heterocycles. The maximum atomic E-state index is 5.39. The second-order valence-electron chi connectivity index (χ2n) is 17.7. The molecule has 0 saturated carbocycles. The fraction of sp³-hybridized carbons (Fsp3) is 0. The van der Waals surface area contributed by atoms with Crippen LogP contribution in [0.15, 0.2) is 218 Å². The number of hydrogen-bond donors (Lipinski definition) is 0. The Kier molecular flexibility index (Phi) is 7.19. The minimum absolute atomic E-state index is 0.880. The Labute approximate surface area is 378 Å². The SMILES string of the molecule is c1ccc2c(c1)-c1cccc3c(-c4nc5ccccc5nc4-c4ccc5cc(-n6c7ccccc7c7cc8ccc(-n9c%10ccccc%10c%10ccccc%109)cc8cc76)ccc5c4)ccc-2c13. The average Bonchev–Trinajstić information content (AvgIpc) is 4.01. The van der Waals surface area contributed by atoms with Crippen LogP contribution in [0.25, 0.3) is 143 Å². The first kappa shape index (κ1) is 35.6. The fourth-order valence-electron chi connectivity index (χ4n) is 11.2. The summed E-state index contributed by atoms with van der Waals surface area (Å²) in [5.41, 5.74) is 17.9. The summed E-state index contributed by atoms with van der Waals surface area (Å²) in [6.45, 7) is 0. The van der Waals surface area contributed by atoms with E-state index >= 15 is 0 Å². The molecule has 14 aromatic rings. The smallest absolute Gasteiger partial charge is 0.0979 e. The highest BCUT2D eigenvalue weighted by atomic mass is 15.0. The number of benzene rings is 11. The molecule has 0 amide bonds. The number of nitrogens with zero attached hydrogens (tertiary/aromatic N) is 4. The van der Waals surface area contributed by atoms with Crippen molar-refractivity contribution in [1.29, 1.82) is 0 Å². The third kappa shape index (κ3) is 4.98. The lowest BCUT2D eigenvalue weighted by Gasteiger charge is -2.15. The lowest BCUT2D eigenvalue weighted by Crippen LogP contribution is -1.97. The number of fused-ring (bicyclic) bond motifs is 12. The zero-order chi connectivity index (χ0) is 43.0. The Bertz CT molecular complexity index is 4330. The fourth-order valence-corrected chi connectivity index (χ4v) is 11.2. The van der Waals surface area contributed by atoms with E-state index in [0.29, 0.717) is 0 Å². The molecule has 1 aliphatic carbocycles. The quantitative estimate of drug-likeness (QED) is 0.177. The lowest BCUT2D eigenvalue weighted by atomic mass is 9.94. The zero-order valence-electron chi connectivity index (χ0n) is 35.6. The van der Waals surface area contributed by atoms with Gasteiger partial charge in [-0.3, -0.25) is 0 Å². The molecule has 4 heteroatoms. The first-order valence-corrected chi connectivity index (χ1v) is 22.6. The van der Waals surface area contributed by atoms with Gasteiger partial charge in [0, 0.05) is 44.0 Å². The van der Waals surface area contributed by atoms with E-state index in [9.17, 15) is 0 Å². The number of rotatable bonds is 4. The average molecular weight is 837 g/mol. The van der Waals surface area contributed by atoms with Crippen molar-refractivity contribution in [3.8, 4) is 56.1 Å². The predicted molar refractivity (Wildman–Crippen MR) is 276 cm³/mol. The Hall–Kier alpha value is -8.86. The third-order valence-corrected chi connectivity index (χ3v) is 14.2. The molecule has 0 fully saturated rings. The zero-order valence-corrected chi connectivity index (χ0v) is 35.6. The van der Waals surface area contributed by atoms with E-state index in [1.807, 2.05) is 12.1 Å². The van der Waals surface area contributed by atoms with Gasteiger partial charge in [-0.25, -0.2) is 9.97 Å². The van der Waals surface area contributed by atoms with E-state index < -0.39 is 0 Å². The Morgan fingerprint density at radius 2 is 0.758 bits per heavy atom. The van der Waals surface area contributed by atoms with Crippen molar-refractivity contribution >= 4 is 87.0 Å². The highest BCUT2D eigenvalue weighted by molar-refractivity contribution is 6.19. The minimum atomic E-state index is 0.880. The van der Waals surface area contributed by atoms with Crippen LogP contribution >= 0.6 is 0 Å². The summed E-state index contributed by atoms with van der Waals surface area (Å²) in [6.07, 6.45) is 0. The molecule has 0 bridgehead atoms. The molecule has 304 valence electrons. The summed E-state index contributed by atoms with van der Waals surface area (Å²) < 4.78 is 4.84. The molecule has 0 atom stereocenters. The molecule has 3 heterocycles. The third-order valence-electron chi connectivity index (χ3n) is 14.2. The Morgan fingerprint density at radius 1 is 0.273 bits per heavy atom. The molecule has 0 saturated heterocycles. The van der Waals surface area contributed by atoms with Crippen LogP contribution in [0.4, 0.5) is 0 Å². The van der Waals surface area contributed by atoms with Gasteiger partial charge in [0.15, 0.2) is 0 Å². The van der Waals surface area contributed by atoms with Crippen molar-refractivity contribution in [2.45, 2.75) is 0 Å². The number of para-hydroxylation sites is 5. The highest BCUT2D eigenvalue weighted by Gasteiger charge is 2.25. The van der Waals surface area contributed by atoms with Gasteiger partial charge in [-0.05, 0) is 127 Å². The first-order chi connectivity index (χ1) is 32.7. The van der Waals surface area contributed by atoms with Gasteiger partial charge < -0.3 is 9.13 Å². The summed E-state index contributed by atoms with van der Waals surface area (Å²) in [5, 5.41) is 12.2. The normalized spacial score (nSPS) is 12.2. The van der Waals surface area contributed by atoms with Gasteiger partial charge in [0.05, 0.1) is 44.5 Å². The lowest BCUT2D eigenvalue weighted by molar-refractivity contribution is 1.18. The van der Waals surface area contributed by atoms with Crippen molar-refractivity contribution in [2.24, 2.45) is 0 Å². The van der Waals surface area contributed by atoms with E-state index in [-0.39, 0.29) is 0 Å². The Morgan fingerprint density at radius 3 is 1.45 bits per heavy atom. The first-order valence-electron chi connectivity index (χ1n) is 22.6. The minimum Gasteiger partial charge on any atom is -0.309 e. The molecular formula is C62H36N4. The maximum absolute atomic E-state index is 5.39. The summed E-state index contributed by atoms with van der Waals surface area (Å²) >= 11 is 0. The van der Waals surface area contributed by atoms with Crippen LogP contribution in [0.3, 0.4) is 0 Å². The van der Waals surface area contributed by atoms with Crippen LogP contribution in [-0.2, 0) is 0 Å². The molecule has 0 N–H and O–H groups in total. The van der Waals surface area contributed by atoms with Gasteiger partial charge in [-0.15, -0.1) is 0 Å². The van der Waals surface area contributed by atoms with E-state index in [1.54, 1.807) is 0 Å². The van der Waals surface area contributed by atoms with Crippen molar-refractivity contribution in [3.63, 3.8) is 0 Å². The van der Waals surface area contributed by atoms with Gasteiger partial charge in [0.2, 0.25) is 0 Å². The van der Waals surface area contributed by atoms with Gasteiger partial charge in [0.1, 0.15) is 0 Å². The van der Waals surface area contributed by atoms with Crippen LogP contribution in [-0.4, -0.2) is 19.1 Å². The second-order valence-corrected chi connectivity index (χ2v) is 17.7. The molecule has 0 spiro atoms. The molecule has 1 aliphatic rings. The standard InChI is InChI=1S/C62H36N4/c1-2-13-45-44(12-1)49-17-11-18-50-52(31-30-51(45)60(49)50)62-61(63-54-19-6-7-20-55(54)64-62)40-25-24-38-33-42(28-26-37(38)32-40)66-58-23-10-5-16-48(58)53-35-39-27-29-43(34-41(39)36-59(53)66)65-56-21-8-3-14-46(56)47-15-4-9-22-57(47)65/h1-36H. The number of hydrogen-bond acceptors (Lipinski definition) is 2. The van der Waals surface area contributed by atoms with Gasteiger partial charge in [-0.2, -0.15) is 0 Å². The molecule has 11 aromatic carbocycles. The van der Waals surface area contributed by atoms with Gasteiger partial charge in [-0.1, -0.05) is 146 Å². The number of aromatic nitrogens is 4. The maximum Gasteiger partial charge on any atom is 0.0979 e. The molecule has 0 radical (unpaired) electrons. The van der Waals surface area contributed by atoms with E-state index in [2.05, 4.69) is 215 Å². The molecule has 66 heavy (non-hydrogen) atoms. The molecule has 4 nitrogen and oxygen atoms in total. The van der Waals surface area contributed by atoms with Crippen molar-refractivity contribution in [2.75, 3.05) is 0 Å². The van der Waals surface area contributed by atoms with Crippen molar-refractivity contribution in [3.05, 3.63) is 218 Å². The summed E-state index contributed by atoms with van der Waals surface area (Å²) in [4.78, 5) is 10.8. The van der Waals surface area contributed by atoms with Crippen LogP contribution < -0.4 is 0 Å². The van der Waals surface area contributed by atoms with Gasteiger partial charge in [0.25, 0.3) is 0 Å². The van der Waals surface area contributed by atoms with Crippen LogP contribution in [0.1, 0.15) is 0 Å². The highest BCUT2D eigenvalue weighted by Crippen LogP contribution is 2.50. The summed E-state index contributed by atoms with van der Waals surface area (Å²) in [6, 6.07) is 79.7. The molecule has 0 unspecified atom stereocenters. The monoisotopic (exact) mass is 836 g/mol. The van der Waals surface area contributed by atoms with E-state index in [0.717, 1.165) is 55.7 Å². The van der Waals surface area contributed by atoms with E-state index in [1.165, 1.54) is 87.4 Å². The van der Waals surface area contributed by atoms with Gasteiger partial charge >= 0.3 is 0 Å². The molecule has 15 rings (SSSR count). The van der Waals surface area contributed by atoms with Crippen LogP contribution in [0.5, 0.6) is 0 Å².